The SMILES string of the molecule is O=C(O)CC(O)CC(O)CCn1c(C2(O)CC2)nc(-c2ccncc2)c1-c1ccccc1. The van der Waals surface area contributed by atoms with Crippen LogP contribution >= 0.6 is 0 Å². The molecule has 168 valence electrons. The topological polar surface area (TPSA) is 129 Å². The third-order valence-corrected chi connectivity index (χ3v) is 5.75. The Kier molecular flexibility index (Phi) is 6.36. The molecule has 2 atom stereocenters. The lowest BCUT2D eigenvalue weighted by Crippen LogP contribution is -2.23. The Morgan fingerprint density at radius 1 is 1.03 bits per heavy atom. The summed E-state index contributed by atoms with van der Waals surface area (Å²) in [4.78, 5) is 19.7. The Labute approximate surface area is 185 Å². The number of nitrogens with zero attached hydrogens (tertiary/aromatic N) is 3. The smallest absolute Gasteiger partial charge is 0.305 e. The lowest BCUT2D eigenvalue weighted by atomic mass is 10.0. The minimum Gasteiger partial charge on any atom is -0.481 e. The van der Waals surface area contributed by atoms with Gasteiger partial charge in [0.2, 0.25) is 0 Å². The second kappa shape index (κ2) is 9.20. The molecule has 1 aromatic carbocycles. The van der Waals surface area contributed by atoms with Crippen molar-refractivity contribution in [3.8, 4) is 22.5 Å². The number of aliphatic hydroxyl groups excluding tert-OH is 2. The maximum atomic E-state index is 11.0. The van der Waals surface area contributed by atoms with E-state index in [0.717, 1.165) is 22.5 Å². The monoisotopic (exact) mass is 437 g/mol. The molecule has 1 fully saturated rings. The van der Waals surface area contributed by atoms with Crippen LogP contribution in [0.5, 0.6) is 0 Å². The van der Waals surface area contributed by atoms with Gasteiger partial charge in [-0.15, -0.1) is 0 Å². The number of carbonyl (C=O) groups is 1. The molecule has 0 bridgehead atoms. The Hall–Kier alpha value is -3.07. The van der Waals surface area contributed by atoms with Crippen molar-refractivity contribution < 1.29 is 25.2 Å². The molecule has 0 aliphatic heterocycles. The second-order valence-corrected chi connectivity index (χ2v) is 8.35. The van der Waals surface area contributed by atoms with E-state index < -0.39 is 30.2 Å². The summed E-state index contributed by atoms with van der Waals surface area (Å²) in [6, 6.07) is 13.5. The Morgan fingerprint density at radius 3 is 2.34 bits per heavy atom. The summed E-state index contributed by atoms with van der Waals surface area (Å²) < 4.78 is 1.95. The van der Waals surface area contributed by atoms with Gasteiger partial charge in [-0.05, 0) is 37.8 Å². The van der Waals surface area contributed by atoms with Gasteiger partial charge in [-0.2, -0.15) is 0 Å². The highest BCUT2D eigenvalue weighted by molar-refractivity contribution is 5.79. The van der Waals surface area contributed by atoms with E-state index in [-0.39, 0.29) is 12.8 Å². The number of carboxylic acid groups (broad SMARTS) is 1. The maximum absolute atomic E-state index is 11.0. The average Bonchev–Trinajstić information content (AvgIpc) is 3.39. The summed E-state index contributed by atoms with van der Waals surface area (Å²) in [6.45, 7) is 0.362. The summed E-state index contributed by atoms with van der Waals surface area (Å²) in [5.74, 6) is -0.549. The van der Waals surface area contributed by atoms with Crippen molar-refractivity contribution in [1.29, 1.82) is 0 Å². The Balaban J connectivity index is 1.70. The number of aromatic nitrogens is 3. The van der Waals surface area contributed by atoms with Gasteiger partial charge >= 0.3 is 5.97 Å². The van der Waals surface area contributed by atoms with E-state index in [1.165, 1.54) is 0 Å². The number of aliphatic hydroxyl groups is 3. The van der Waals surface area contributed by atoms with Crippen LogP contribution in [0.1, 0.15) is 37.9 Å². The summed E-state index contributed by atoms with van der Waals surface area (Å²) >= 11 is 0. The number of rotatable bonds is 10. The number of pyridine rings is 1. The van der Waals surface area contributed by atoms with Crippen molar-refractivity contribution in [3.05, 3.63) is 60.7 Å². The van der Waals surface area contributed by atoms with Crippen molar-refractivity contribution in [2.24, 2.45) is 0 Å². The van der Waals surface area contributed by atoms with E-state index >= 15 is 0 Å². The lowest BCUT2D eigenvalue weighted by Gasteiger charge is -2.19. The first-order valence-corrected chi connectivity index (χ1v) is 10.7. The third-order valence-electron chi connectivity index (χ3n) is 5.75. The molecule has 0 radical (unpaired) electrons. The molecule has 2 heterocycles. The van der Waals surface area contributed by atoms with Gasteiger partial charge in [0.05, 0.1) is 30.0 Å². The largest absolute Gasteiger partial charge is 0.481 e. The molecule has 32 heavy (non-hydrogen) atoms. The maximum Gasteiger partial charge on any atom is 0.305 e. The number of hydrogen-bond acceptors (Lipinski definition) is 6. The molecule has 0 amide bonds. The number of aliphatic carboxylic acids is 1. The normalized spacial score (nSPS) is 16.5. The predicted molar refractivity (Wildman–Crippen MR) is 118 cm³/mol. The quantitative estimate of drug-likeness (QED) is 0.384. The van der Waals surface area contributed by atoms with Crippen LogP contribution in [0, 0.1) is 0 Å². The highest BCUT2D eigenvalue weighted by atomic mass is 16.4. The standard InChI is InChI=1S/C24H27N3O5/c28-18(14-19(29)15-20(30)31)8-13-27-22(17-4-2-1-3-5-17)21(16-6-11-25-12-7-16)26-23(27)24(32)9-10-24/h1-7,11-12,18-19,28-29,32H,8-10,13-15H2,(H,30,31). The molecule has 2 unspecified atom stereocenters. The molecule has 4 rings (SSSR count). The molecule has 2 aromatic heterocycles. The number of hydrogen-bond donors (Lipinski definition) is 4. The van der Waals surface area contributed by atoms with Gasteiger partial charge < -0.3 is 25.0 Å². The fourth-order valence-electron chi connectivity index (χ4n) is 3.96. The molecule has 0 saturated heterocycles. The first kappa shape index (κ1) is 22.1. The van der Waals surface area contributed by atoms with Crippen LogP contribution in [-0.2, 0) is 16.9 Å². The second-order valence-electron chi connectivity index (χ2n) is 8.35. The van der Waals surface area contributed by atoms with Gasteiger partial charge in [-0.1, -0.05) is 30.3 Å². The van der Waals surface area contributed by atoms with Crippen molar-refractivity contribution in [2.45, 2.75) is 56.5 Å². The van der Waals surface area contributed by atoms with E-state index in [4.69, 9.17) is 10.1 Å². The average molecular weight is 437 g/mol. The highest BCUT2D eigenvalue weighted by Crippen LogP contribution is 2.47. The zero-order chi connectivity index (χ0) is 22.7. The summed E-state index contributed by atoms with van der Waals surface area (Å²) in [5.41, 5.74) is 2.38. The lowest BCUT2D eigenvalue weighted by molar-refractivity contribution is -0.139. The van der Waals surface area contributed by atoms with E-state index in [1.807, 2.05) is 47.0 Å². The molecule has 8 heteroatoms. The minimum atomic E-state index is -1.11. The van der Waals surface area contributed by atoms with Crippen molar-refractivity contribution in [2.75, 3.05) is 0 Å². The van der Waals surface area contributed by atoms with Crippen LogP contribution < -0.4 is 0 Å². The zero-order valence-electron chi connectivity index (χ0n) is 17.6. The van der Waals surface area contributed by atoms with Gasteiger partial charge in [0, 0.05) is 30.1 Å². The molecule has 4 N–H and O–H groups in total. The summed E-state index contributed by atoms with van der Waals surface area (Å²) in [6.07, 6.45) is 2.48. The summed E-state index contributed by atoms with van der Waals surface area (Å²) in [7, 11) is 0. The molecule has 0 spiro atoms. The fourth-order valence-corrected chi connectivity index (χ4v) is 3.96. The van der Waals surface area contributed by atoms with Crippen LogP contribution in [0.25, 0.3) is 22.5 Å². The summed E-state index contributed by atoms with van der Waals surface area (Å²) in [5, 5.41) is 40.1. The van der Waals surface area contributed by atoms with Crippen LogP contribution in [-0.4, -0.2) is 53.1 Å². The van der Waals surface area contributed by atoms with Crippen LogP contribution in [0.4, 0.5) is 0 Å². The van der Waals surface area contributed by atoms with Gasteiger partial charge in [-0.3, -0.25) is 9.78 Å². The van der Waals surface area contributed by atoms with Crippen LogP contribution in [0.15, 0.2) is 54.9 Å². The zero-order valence-corrected chi connectivity index (χ0v) is 17.6. The highest BCUT2D eigenvalue weighted by Gasteiger charge is 2.47. The fraction of sp³-hybridized carbons (Fsp3) is 0.375. The van der Waals surface area contributed by atoms with E-state index in [0.29, 0.717) is 25.2 Å². The Morgan fingerprint density at radius 2 is 1.72 bits per heavy atom. The third kappa shape index (κ3) is 4.88. The van der Waals surface area contributed by atoms with Gasteiger partial charge in [0.25, 0.3) is 0 Å². The van der Waals surface area contributed by atoms with Gasteiger partial charge in [0.15, 0.2) is 0 Å². The van der Waals surface area contributed by atoms with Crippen molar-refractivity contribution in [1.82, 2.24) is 14.5 Å². The molecule has 1 aliphatic carbocycles. The molecular formula is C24H27N3O5. The van der Waals surface area contributed by atoms with E-state index in [9.17, 15) is 20.1 Å². The van der Waals surface area contributed by atoms with Gasteiger partial charge in [-0.25, -0.2) is 4.98 Å². The minimum absolute atomic E-state index is 0.0293. The molecule has 1 aliphatic rings. The Bertz CT molecular complexity index is 1060. The van der Waals surface area contributed by atoms with Crippen molar-refractivity contribution >= 4 is 5.97 Å². The van der Waals surface area contributed by atoms with Crippen LogP contribution in [0.2, 0.25) is 0 Å². The number of carboxylic acids is 1. The molecule has 8 nitrogen and oxygen atoms in total. The van der Waals surface area contributed by atoms with Gasteiger partial charge in [0.1, 0.15) is 11.4 Å². The first-order chi connectivity index (χ1) is 15.4. The molecule has 3 aromatic rings. The predicted octanol–water partition coefficient (Wildman–Crippen LogP) is 2.57. The number of imidazole rings is 1. The van der Waals surface area contributed by atoms with Crippen molar-refractivity contribution in [3.63, 3.8) is 0 Å². The molecular weight excluding hydrogens is 410 g/mol. The first-order valence-electron chi connectivity index (χ1n) is 10.7. The van der Waals surface area contributed by atoms with E-state index in [2.05, 4.69) is 4.98 Å². The molecule has 1 saturated carbocycles. The number of benzene rings is 1. The van der Waals surface area contributed by atoms with E-state index in [1.54, 1.807) is 12.4 Å². The van der Waals surface area contributed by atoms with Crippen LogP contribution in [0.3, 0.4) is 0 Å².